The van der Waals surface area contributed by atoms with E-state index in [-0.39, 0.29) is 17.7 Å². The predicted octanol–water partition coefficient (Wildman–Crippen LogP) is 2.28. The lowest BCUT2D eigenvalue weighted by Crippen LogP contribution is -2.52. The molecule has 1 aromatic rings. The number of hydrogen-bond acceptors (Lipinski definition) is 4. The molecule has 2 saturated heterocycles. The zero-order chi connectivity index (χ0) is 17.5. The largest absolute Gasteiger partial charge is 0.439 e. The fourth-order valence-corrected chi connectivity index (χ4v) is 3.09. The number of nitrogens with zero attached hydrogens (tertiary/aromatic N) is 1. The Kier molecular flexibility index (Phi) is 4.07. The smallest absolute Gasteiger partial charge is 0.411 e. The number of carbonyl (C=O) groups excluding carboxylic acids is 3. The number of cyclic esters (lactones) is 1. The molecule has 2 aliphatic rings. The Morgan fingerprint density at radius 1 is 1.12 bits per heavy atom. The van der Waals surface area contributed by atoms with Crippen LogP contribution < -0.4 is 5.32 Å². The molecule has 1 aromatic carbocycles. The highest BCUT2D eigenvalue weighted by molar-refractivity contribution is 6.01. The van der Waals surface area contributed by atoms with Gasteiger partial charge in [-0.15, -0.1) is 0 Å². The van der Waals surface area contributed by atoms with E-state index in [9.17, 15) is 14.4 Å². The normalized spacial score (nSPS) is 24.8. The van der Waals surface area contributed by atoms with Crippen LogP contribution in [0.25, 0.3) is 0 Å². The van der Waals surface area contributed by atoms with E-state index in [1.54, 1.807) is 0 Å². The second-order valence-corrected chi connectivity index (χ2v) is 7.36. The predicted molar refractivity (Wildman–Crippen MR) is 87.2 cm³/mol. The van der Waals surface area contributed by atoms with Crippen molar-refractivity contribution < 1.29 is 19.1 Å². The van der Waals surface area contributed by atoms with Gasteiger partial charge in [-0.25, -0.2) is 4.79 Å². The summed E-state index contributed by atoms with van der Waals surface area (Å²) in [5.41, 5.74) is 2.17. The number of hydrogen-bond donors (Lipinski definition) is 1. The number of rotatable bonds is 2. The molecule has 3 rings (SSSR count). The van der Waals surface area contributed by atoms with Crippen LogP contribution in [0.15, 0.2) is 24.3 Å². The van der Waals surface area contributed by atoms with Crippen molar-refractivity contribution in [2.24, 2.45) is 0 Å². The van der Waals surface area contributed by atoms with Crippen LogP contribution >= 0.6 is 0 Å². The minimum atomic E-state index is -0.631. The fraction of sp³-hybridized carbons (Fsp3) is 0.500. The molecule has 1 N–H and O–H groups in total. The van der Waals surface area contributed by atoms with Crippen molar-refractivity contribution in [1.29, 1.82) is 0 Å². The van der Waals surface area contributed by atoms with Crippen LogP contribution in [0.3, 0.4) is 0 Å². The minimum Gasteiger partial charge on any atom is -0.439 e. The summed E-state index contributed by atoms with van der Waals surface area (Å²) in [4.78, 5) is 36.8. The highest BCUT2D eigenvalue weighted by Gasteiger charge is 2.41. The summed E-state index contributed by atoms with van der Waals surface area (Å²) in [5, 5.41) is 2.28. The van der Waals surface area contributed by atoms with E-state index >= 15 is 0 Å². The highest BCUT2D eigenvalue weighted by Crippen LogP contribution is 2.31. The van der Waals surface area contributed by atoms with Crippen molar-refractivity contribution in [3.63, 3.8) is 0 Å². The Bertz CT molecular complexity index is 675. The molecule has 2 atom stereocenters. The van der Waals surface area contributed by atoms with Gasteiger partial charge < -0.3 is 4.74 Å². The van der Waals surface area contributed by atoms with E-state index in [1.807, 2.05) is 24.3 Å². The van der Waals surface area contributed by atoms with E-state index < -0.39 is 24.1 Å². The van der Waals surface area contributed by atoms with Gasteiger partial charge >= 0.3 is 6.09 Å². The Morgan fingerprint density at radius 3 is 2.38 bits per heavy atom. The van der Waals surface area contributed by atoms with Crippen molar-refractivity contribution in [3.8, 4) is 0 Å². The van der Waals surface area contributed by atoms with E-state index in [2.05, 4.69) is 26.1 Å². The standard InChI is InChI=1S/C18H22N2O4/c1-18(2,3)12-6-4-11(5-7-12)14-10-20(17(23)24-14)13-8-9-15(21)19-16(13)22/h4-7,13-14H,8-10H2,1-3H3,(H,19,21,22). The number of amides is 3. The third kappa shape index (κ3) is 3.13. The molecule has 0 aromatic heterocycles. The molecular weight excluding hydrogens is 308 g/mol. The third-order valence-electron chi connectivity index (χ3n) is 4.57. The van der Waals surface area contributed by atoms with Gasteiger partial charge in [0.15, 0.2) is 0 Å². The van der Waals surface area contributed by atoms with Crippen molar-refractivity contribution >= 4 is 17.9 Å². The van der Waals surface area contributed by atoms with Crippen molar-refractivity contribution in [1.82, 2.24) is 10.2 Å². The first kappa shape index (κ1) is 16.5. The van der Waals surface area contributed by atoms with Crippen LogP contribution in [0.5, 0.6) is 0 Å². The van der Waals surface area contributed by atoms with Crippen molar-refractivity contribution in [2.45, 2.75) is 51.2 Å². The number of piperidine rings is 1. The second kappa shape index (κ2) is 5.92. The molecule has 0 bridgehead atoms. The number of imide groups is 1. The number of nitrogens with one attached hydrogen (secondary N) is 1. The molecule has 6 heteroatoms. The van der Waals surface area contributed by atoms with Gasteiger partial charge in [0.2, 0.25) is 11.8 Å². The highest BCUT2D eigenvalue weighted by atomic mass is 16.6. The van der Waals surface area contributed by atoms with Gasteiger partial charge in [-0.1, -0.05) is 45.0 Å². The summed E-state index contributed by atoms with van der Waals surface area (Å²) in [7, 11) is 0. The zero-order valence-electron chi connectivity index (χ0n) is 14.2. The van der Waals surface area contributed by atoms with Gasteiger partial charge in [-0.05, 0) is 23.0 Å². The summed E-state index contributed by atoms with van der Waals surface area (Å²) < 4.78 is 5.44. The molecule has 0 spiro atoms. The fourth-order valence-electron chi connectivity index (χ4n) is 3.09. The molecule has 2 unspecified atom stereocenters. The molecule has 6 nitrogen and oxygen atoms in total. The lowest BCUT2D eigenvalue weighted by Gasteiger charge is -2.27. The summed E-state index contributed by atoms with van der Waals surface area (Å²) in [6.45, 7) is 6.74. The van der Waals surface area contributed by atoms with Crippen LogP contribution in [-0.4, -0.2) is 35.4 Å². The molecule has 3 amide bonds. The van der Waals surface area contributed by atoms with Crippen LogP contribution in [0.1, 0.15) is 50.8 Å². The van der Waals surface area contributed by atoms with Gasteiger partial charge in [-0.2, -0.15) is 0 Å². The minimum absolute atomic E-state index is 0.0592. The van der Waals surface area contributed by atoms with Gasteiger partial charge in [0.05, 0.1) is 6.54 Å². The average Bonchev–Trinajstić information content (AvgIpc) is 2.88. The quantitative estimate of drug-likeness (QED) is 0.844. The molecule has 128 valence electrons. The van der Waals surface area contributed by atoms with E-state index in [4.69, 9.17) is 4.74 Å². The van der Waals surface area contributed by atoms with Crippen LogP contribution in [0.4, 0.5) is 4.79 Å². The number of ether oxygens (including phenoxy) is 1. The maximum atomic E-state index is 12.1. The monoisotopic (exact) mass is 330 g/mol. The Hall–Kier alpha value is -2.37. The molecule has 0 saturated carbocycles. The first-order chi connectivity index (χ1) is 11.3. The SMILES string of the molecule is CC(C)(C)c1ccc(C2CN(C3CCC(=O)NC3=O)C(=O)O2)cc1. The molecule has 24 heavy (non-hydrogen) atoms. The van der Waals surface area contributed by atoms with E-state index in [0.717, 1.165) is 5.56 Å². The van der Waals surface area contributed by atoms with Gasteiger partial charge in [0.1, 0.15) is 12.1 Å². The van der Waals surface area contributed by atoms with Crippen LogP contribution in [0.2, 0.25) is 0 Å². The Morgan fingerprint density at radius 2 is 1.79 bits per heavy atom. The molecule has 0 aliphatic carbocycles. The summed E-state index contributed by atoms with van der Waals surface area (Å²) in [6.07, 6.45) is -0.313. The molecule has 0 radical (unpaired) electrons. The topological polar surface area (TPSA) is 75.7 Å². The van der Waals surface area contributed by atoms with E-state index in [1.165, 1.54) is 10.5 Å². The second-order valence-electron chi connectivity index (χ2n) is 7.36. The Labute approximate surface area is 141 Å². The van der Waals surface area contributed by atoms with E-state index in [0.29, 0.717) is 13.0 Å². The Balaban J connectivity index is 1.73. The maximum absolute atomic E-state index is 12.1. The third-order valence-corrected chi connectivity index (χ3v) is 4.57. The lowest BCUT2D eigenvalue weighted by molar-refractivity contribution is -0.136. The van der Waals surface area contributed by atoms with Gasteiger partial charge in [0, 0.05) is 6.42 Å². The average molecular weight is 330 g/mol. The van der Waals surface area contributed by atoms with Crippen LogP contribution in [-0.2, 0) is 19.7 Å². The summed E-state index contributed by atoms with van der Waals surface area (Å²) in [5.74, 6) is -0.718. The number of benzene rings is 1. The molecule has 2 heterocycles. The molecular formula is C18H22N2O4. The lowest BCUT2D eigenvalue weighted by atomic mass is 9.86. The van der Waals surface area contributed by atoms with Crippen molar-refractivity contribution in [2.75, 3.05) is 6.54 Å². The summed E-state index contributed by atoms with van der Waals surface area (Å²) >= 11 is 0. The van der Waals surface area contributed by atoms with Crippen LogP contribution in [0, 0.1) is 0 Å². The first-order valence-corrected chi connectivity index (χ1v) is 8.17. The molecule has 2 fully saturated rings. The molecule has 2 aliphatic heterocycles. The first-order valence-electron chi connectivity index (χ1n) is 8.17. The zero-order valence-corrected chi connectivity index (χ0v) is 14.2. The van der Waals surface area contributed by atoms with Gasteiger partial charge in [0.25, 0.3) is 0 Å². The summed E-state index contributed by atoms with van der Waals surface area (Å²) in [6, 6.07) is 7.38. The number of carbonyl (C=O) groups is 3. The van der Waals surface area contributed by atoms with Crippen molar-refractivity contribution in [3.05, 3.63) is 35.4 Å². The van der Waals surface area contributed by atoms with Gasteiger partial charge in [-0.3, -0.25) is 19.8 Å². The maximum Gasteiger partial charge on any atom is 0.411 e.